The number of rotatable bonds is 9. The smallest absolute Gasteiger partial charge is 0.271 e. The van der Waals surface area contributed by atoms with Crippen molar-refractivity contribution in [3.05, 3.63) is 52.1 Å². The number of ether oxygens (including phenoxy) is 3. The Morgan fingerprint density at radius 2 is 1.94 bits per heavy atom. The number of sulfonamides is 1. The summed E-state index contributed by atoms with van der Waals surface area (Å²) in [5, 5.41) is 11.3. The van der Waals surface area contributed by atoms with Crippen molar-refractivity contribution in [2.24, 2.45) is 0 Å². The number of likely N-dealkylation sites (N-methyl/N-ethyl adjacent to an activating group) is 1. The van der Waals surface area contributed by atoms with E-state index >= 15 is 0 Å². The van der Waals surface area contributed by atoms with Crippen molar-refractivity contribution in [1.82, 2.24) is 9.62 Å². The molecule has 1 unspecified atom stereocenters. The molecule has 1 fully saturated rings. The summed E-state index contributed by atoms with van der Waals surface area (Å²) in [5.74, 6) is 1.11. The Labute approximate surface area is 187 Å². The second-order valence-electron chi connectivity index (χ2n) is 7.53. The fourth-order valence-corrected chi connectivity index (χ4v) is 4.72. The zero-order chi connectivity index (χ0) is 23.3. The van der Waals surface area contributed by atoms with Gasteiger partial charge in [-0.05, 0) is 38.6 Å². The molecule has 0 amide bonds. The number of hydrogen-bond donors (Lipinski definition) is 1. The monoisotopic (exact) mass is 465 g/mol. The van der Waals surface area contributed by atoms with Gasteiger partial charge in [-0.2, -0.15) is 0 Å². The highest BCUT2D eigenvalue weighted by molar-refractivity contribution is 7.89. The van der Waals surface area contributed by atoms with E-state index in [4.69, 9.17) is 14.2 Å². The molecular formula is C21H27N3O7S. The summed E-state index contributed by atoms with van der Waals surface area (Å²) >= 11 is 0. The maximum atomic E-state index is 13.1. The molecule has 0 spiro atoms. The van der Waals surface area contributed by atoms with E-state index in [2.05, 4.69) is 9.62 Å². The number of nitro benzene ring substituents is 1. The molecule has 32 heavy (non-hydrogen) atoms. The molecule has 1 N–H and O–H groups in total. The number of hydrogen-bond acceptors (Lipinski definition) is 8. The highest BCUT2D eigenvalue weighted by Crippen LogP contribution is 2.31. The van der Waals surface area contributed by atoms with Crippen LogP contribution in [0.15, 0.2) is 41.3 Å². The molecule has 2 aromatic carbocycles. The second kappa shape index (κ2) is 10.2. The van der Waals surface area contributed by atoms with Gasteiger partial charge in [0.05, 0.1) is 19.1 Å². The van der Waals surface area contributed by atoms with Gasteiger partial charge < -0.3 is 19.1 Å². The third kappa shape index (κ3) is 5.67. The van der Waals surface area contributed by atoms with E-state index in [0.717, 1.165) is 25.5 Å². The van der Waals surface area contributed by atoms with Crippen LogP contribution in [0, 0.1) is 10.1 Å². The Balaban J connectivity index is 1.88. The summed E-state index contributed by atoms with van der Waals surface area (Å²) in [4.78, 5) is 12.5. The molecule has 0 radical (unpaired) electrons. The molecule has 1 saturated heterocycles. The summed E-state index contributed by atoms with van der Waals surface area (Å²) in [6.45, 7) is 1.51. The van der Waals surface area contributed by atoms with E-state index in [-0.39, 0.29) is 29.0 Å². The molecule has 0 aromatic heterocycles. The zero-order valence-corrected chi connectivity index (χ0v) is 19.1. The van der Waals surface area contributed by atoms with E-state index in [9.17, 15) is 18.5 Å². The Morgan fingerprint density at radius 1 is 1.16 bits per heavy atom. The first kappa shape index (κ1) is 23.8. The van der Waals surface area contributed by atoms with E-state index in [1.807, 2.05) is 7.05 Å². The third-order valence-electron chi connectivity index (χ3n) is 5.25. The Kier molecular flexibility index (Phi) is 7.54. The van der Waals surface area contributed by atoms with Crippen LogP contribution < -0.4 is 18.9 Å². The van der Waals surface area contributed by atoms with Crippen molar-refractivity contribution < 1.29 is 27.6 Å². The molecule has 1 aliphatic rings. The van der Waals surface area contributed by atoms with Crippen LogP contribution in [0.1, 0.15) is 18.4 Å². The number of piperidine rings is 1. The van der Waals surface area contributed by atoms with Gasteiger partial charge >= 0.3 is 0 Å². The minimum atomic E-state index is -4.13. The molecule has 3 rings (SSSR count). The van der Waals surface area contributed by atoms with Crippen LogP contribution in [-0.4, -0.2) is 58.7 Å². The number of nitrogens with one attached hydrogen (secondary N) is 1. The molecule has 1 aliphatic heterocycles. The standard InChI is InChI=1S/C21H27N3O7S/c1-23-10-4-5-18(14-23)31-19-9-7-16(24(25)26)11-21(19)32(27,28)22-13-15-6-8-17(29-2)12-20(15)30-3/h6-9,11-12,18,22H,4-5,10,13-14H2,1-3H3. The van der Waals surface area contributed by atoms with Gasteiger partial charge in [0.1, 0.15) is 28.2 Å². The van der Waals surface area contributed by atoms with Crippen molar-refractivity contribution in [3.8, 4) is 17.2 Å². The summed E-state index contributed by atoms with van der Waals surface area (Å²) in [6, 6.07) is 8.62. The number of nitro groups is 1. The van der Waals surface area contributed by atoms with Crippen LogP contribution in [0.3, 0.4) is 0 Å². The zero-order valence-electron chi connectivity index (χ0n) is 18.2. The largest absolute Gasteiger partial charge is 0.497 e. The summed E-state index contributed by atoms with van der Waals surface area (Å²) in [6.07, 6.45) is 1.49. The Bertz CT molecular complexity index is 1080. The van der Waals surface area contributed by atoms with Crippen molar-refractivity contribution in [2.45, 2.75) is 30.4 Å². The molecule has 1 heterocycles. The lowest BCUT2D eigenvalue weighted by molar-refractivity contribution is -0.385. The molecule has 0 saturated carbocycles. The van der Waals surface area contributed by atoms with Crippen LogP contribution in [-0.2, 0) is 16.6 Å². The van der Waals surface area contributed by atoms with Crippen LogP contribution in [0.5, 0.6) is 17.2 Å². The first-order valence-corrected chi connectivity index (χ1v) is 11.6. The molecule has 1 atom stereocenters. The van der Waals surface area contributed by atoms with E-state index in [0.29, 0.717) is 23.6 Å². The van der Waals surface area contributed by atoms with Gasteiger partial charge in [0, 0.05) is 36.9 Å². The van der Waals surface area contributed by atoms with Gasteiger partial charge in [0.25, 0.3) is 5.69 Å². The van der Waals surface area contributed by atoms with Gasteiger partial charge in [0.2, 0.25) is 10.0 Å². The predicted molar refractivity (Wildman–Crippen MR) is 118 cm³/mol. The lowest BCUT2D eigenvalue weighted by atomic mass is 10.1. The summed E-state index contributed by atoms with van der Waals surface area (Å²) in [5.41, 5.74) is 0.249. The number of non-ortho nitro benzene ring substituents is 1. The fraction of sp³-hybridized carbons (Fsp3) is 0.429. The highest BCUT2D eigenvalue weighted by Gasteiger charge is 2.27. The molecule has 10 nitrogen and oxygen atoms in total. The molecule has 2 aromatic rings. The van der Waals surface area contributed by atoms with Gasteiger partial charge in [-0.25, -0.2) is 13.1 Å². The molecular weight excluding hydrogens is 438 g/mol. The number of benzene rings is 2. The maximum Gasteiger partial charge on any atom is 0.271 e. The van der Waals surface area contributed by atoms with Gasteiger partial charge in [0.15, 0.2) is 0 Å². The molecule has 0 aliphatic carbocycles. The van der Waals surface area contributed by atoms with Crippen LogP contribution in [0.2, 0.25) is 0 Å². The van der Waals surface area contributed by atoms with Gasteiger partial charge in [-0.15, -0.1) is 0 Å². The maximum absolute atomic E-state index is 13.1. The summed E-state index contributed by atoms with van der Waals surface area (Å²) < 4.78 is 45.2. The average molecular weight is 466 g/mol. The minimum absolute atomic E-state index is 0.0796. The SMILES string of the molecule is COc1ccc(CNS(=O)(=O)c2cc([N+](=O)[O-])ccc2OC2CCCN(C)C2)c(OC)c1. The van der Waals surface area contributed by atoms with E-state index in [1.165, 1.54) is 26.4 Å². The van der Waals surface area contributed by atoms with E-state index < -0.39 is 14.9 Å². The lowest BCUT2D eigenvalue weighted by Gasteiger charge is -2.30. The Hall–Kier alpha value is -2.89. The number of nitrogens with zero attached hydrogens (tertiary/aromatic N) is 2. The molecule has 0 bridgehead atoms. The minimum Gasteiger partial charge on any atom is -0.497 e. The van der Waals surface area contributed by atoms with Crippen molar-refractivity contribution in [2.75, 3.05) is 34.4 Å². The van der Waals surface area contributed by atoms with Gasteiger partial charge in [-0.3, -0.25) is 10.1 Å². The van der Waals surface area contributed by atoms with Crippen molar-refractivity contribution >= 4 is 15.7 Å². The quantitative estimate of drug-likeness (QED) is 0.443. The third-order valence-corrected chi connectivity index (χ3v) is 6.67. The first-order chi connectivity index (χ1) is 15.2. The topological polar surface area (TPSA) is 120 Å². The Morgan fingerprint density at radius 3 is 2.59 bits per heavy atom. The fourth-order valence-electron chi connectivity index (χ4n) is 3.56. The van der Waals surface area contributed by atoms with Crippen molar-refractivity contribution in [3.63, 3.8) is 0 Å². The normalized spacial score (nSPS) is 17.0. The van der Waals surface area contributed by atoms with Crippen molar-refractivity contribution in [1.29, 1.82) is 0 Å². The van der Waals surface area contributed by atoms with Crippen LogP contribution in [0.4, 0.5) is 5.69 Å². The van der Waals surface area contributed by atoms with E-state index in [1.54, 1.807) is 18.2 Å². The number of methoxy groups -OCH3 is 2. The second-order valence-corrected chi connectivity index (χ2v) is 9.27. The van der Waals surface area contributed by atoms with Gasteiger partial charge in [-0.1, -0.05) is 6.07 Å². The molecule has 11 heteroatoms. The first-order valence-electron chi connectivity index (χ1n) is 10.1. The molecule has 174 valence electrons. The van der Waals surface area contributed by atoms with Crippen LogP contribution >= 0.6 is 0 Å². The lowest BCUT2D eigenvalue weighted by Crippen LogP contribution is -2.39. The average Bonchev–Trinajstić information content (AvgIpc) is 2.77. The van der Waals surface area contributed by atoms with Crippen LogP contribution in [0.25, 0.3) is 0 Å². The summed E-state index contributed by atoms with van der Waals surface area (Å²) in [7, 11) is 0.827. The number of likely N-dealkylation sites (tertiary alicyclic amines) is 1. The highest BCUT2D eigenvalue weighted by atomic mass is 32.2. The predicted octanol–water partition coefficient (Wildman–Crippen LogP) is 2.56.